The third-order valence-electron chi connectivity index (χ3n) is 4.03. The Bertz CT molecular complexity index is 596. The zero-order chi connectivity index (χ0) is 15.6. The monoisotopic (exact) mass is 318 g/mol. The summed E-state index contributed by atoms with van der Waals surface area (Å²) in [5.41, 5.74) is 5.16. The molecule has 3 N–H and O–H groups in total. The number of anilines is 1. The van der Waals surface area contributed by atoms with Crippen LogP contribution in [0.1, 0.15) is 39.0 Å². The van der Waals surface area contributed by atoms with Crippen molar-refractivity contribution < 1.29 is 17.2 Å². The molecule has 0 aromatic heterocycles. The Hall–Kier alpha value is -1.21. The van der Waals surface area contributed by atoms with E-state index < -0.39 is 26.6 Å². The fourth-order valence-corrected chi connectivity index (χ4v) is 4.40. The number of nitrogens with two attached hydrogens (primary N) is 1. The lowest BCUT2D eigenvalue weighted by Gasteiger charge is -2.31. The van der Waals surface area contributed by atoms with Gasteiger partial charge in [-0.3, -0.25) is 0 Å². The van der Waals surface area contributed by atoms with Gasteiger partial charge in [0.1, 0.15) is 11.6 Å². The van der Waals surface area contributed by atoms with E-state index in [2.05, 4.69) is 4.72 Å². The number of hydrogen-bond donors (Lipinski definition) is 2. The minimum absolute atomic E-state index is 0.145. The van der Waals surface area contributed by atoms with E-state index in [1.807, 2.05) is 6.92 Å². The van der Waals surface area contributed by atoms with Gasteiger partial charge < -0.3 is 5.73 Å². The number of benzene rings is 1. The molecule has 0 aliphatic heterocycles. The molecule has 0 radical (unpaired) electrons. The molecule has 0 saturated heterocycles. The number of nitrogen functional groups attached to an aromatic ring is 1. The van der Waals surface area contributed by atoms with Gasteiger partial charge in [-0.25, -0.2) is 21.9 Å². The highest BCUT2D eigenvalue weighted by atomic mass is 32.2. The van der Waals surface area contributed by atoms with Crippen molar-refractivity contribution in [3.8, 4) is 0 Å². The standard InChI is InChI=1S/C14H20F2N2O2S/c1-2-9-5-3-4-6-13(9)18-21(19,20)14-11(15)7-10(17)8-12(14)16/h7-9,13,18H,2-6,17H2,1H3. The van der Waals surface area contributed by atoms with E-state index in [1.54, 1.807) is 0 Å². The van der Waals surface area contributed by atoms with Gasteiger partial charge in [0.05, 0.1) is 0 Å². The highest BCUT2D eigenvalue weighted by Crippen LogP contribution is 2.29. The van der Waals surface area contributed by atoms with Crippen LogP contribution in [0.2, 0.25) is 0 Å². The maximum atomic E-state index is 13.8. The molecule has 2 atom stereocenters. The number of halogens is 2. The van der Waals surface area contributed by atoms with E-state index in [0.29, 0.717) is 6.42 Å². The Kier molecular flexibility index (Phi) is 4.83. The molecule has 0 spiro atoms. The van der Waals surface area contributed by atoms with Crippen molar-refractivity contribution in [3.63, 3.8) is 0 Å². The van der Waals surface area contributed by atoms with E-state index in [9.17, 15) is 17.2 Å². The molecule has 4 nitrogen and oxygen atoms in total. The van der Waals surface area contributed by atoms with E-state index in [1.165, 1.54) is 0 Å². The third-order valence-corrected chi connectivity index (χ3v) is 5.57. The summed E-state index contributed by atoms with van der Waals surface area (Å²) in [7, 11) is -4.24. The molecule has 1 saturated carbocycles. The van der Waals surface area contributed by atoms with E-state index >= 15 is 0 Å². The molecule has 1 aromatic rings. The Morgan fingerprint density at radius 3 is 2.38 bits per heavy atom. The molecule has 118 valence electrons. The van der Waals surface area contributed by atoms with Crippen molar-refractivity contribution in [2.75, 3.05) is 5.73 Å². The van der Waals surface area contributed by atoms with Gasteiger partial charge in [-0.1, -0.05) is 26.2 Å². The molecular weight excluding hydrogens is 298 g/mol. The summed E-state index contributed by atoms with van der Waals surface area (Å²) in [5, 5.41) is 0. The summed E-state index contributed by atoms with van der Waals surface area (Å²) in [6.45, 7) is 1.99. The predicted octanol–water partition coefficient (Wildman–Crippen LogP) is 2.79. The predicted molar refractivity (Wildman–Crippen MR) is 77.1 cm³/mol. The molecule has 1 aliphatic rings. The zero-order valence-corrected chi connectivity index (χ0v) is 12.7. The summed E-state index contributed by atoms with van der Waals surface area (Å²) in [6.07, 6.45) is 4.42. The molecule has 21 heavy (non-hydrogen) atoms. The second-order valence-corrected chi connectivity index (χ2v) is 7.15. The first-order valence-electron chi connectivity index (χ1n) is 7.12. The lowest BCUT2D eigenvalue weighted by molar-refractivity contribution is 0.282. The second kappa shape index (κ2) is 6.27. The lowest BCUT2D eigenvalue weighted by atomic mass is 9.83. The first-order valence-corrected chi connectivity index (χ1v) is 8.60. The topological polar surface area (TPSA) is 72.2 Å². The van der Waals surface area contributed by atoms with Gasteiger partial charge in [-0.05, 0) is 30.9 Å². The Morgan fingerprint density at radius 1 is 1.24 bits per heavy atom. The van der Waals surface area contributed by atoms with Crippen LogP contribution in [0, 0.1) is 17.6 Å². The van der Waals surface area contributed by atoms with E-state index in [0.717, 1.165) is 37.8 Å². The number of hydrogen-bond acceptors (Lipinski definition) is 3. The van der Waals surface area contributed by atoms with Crippen LogP contribution >= 0.6 is 0 Å². The first kappa shape index (κ1) is 16.2. The highest BCUT2D eigenvalue weighted by Gasteiger charge is 2.31. The summed E-state index contributed by atoms with van der Waals surface area (Å²) in [5.74, 6) is -2.12. The van der Waals surface area contributed by atoms with Crippen LogP contribution in [-0.4, -0.2) is 14.5 Å². The molecule has 1 aliphatic carbocycles. The fourth-order valence-electron chi connectivity index (χ4n) is 2.95. The second-order valence-electron chi connectivity index (χ2n) is 5.49. The minimum Gasteiger partial charge on any atom is -0.399 e. The normalized spacial score (nSPS) is 23.2. The molecule has 1 fully saturated rings. The molecule has 0 heterocycles. The van der Waals surface area contributed by atoms with E-state index in [-0.39, 0.29) is 17.6 Å². The summed E-state index contributed by atoms with van der Waals surface area (Å²) in [6, 6.07) is 1.36. The zero-order valence-electron chi connectivity index (χ0n) is 11.9. The van der Waals surface area contributed by atoms with Crippen molar-refractivity contribution in [2.24, 2.45) is 5.92 Å². The van der Waals surface area contributed by atoms with Gasteiger partial charge in [0.15, 0.2) is 4.90 Å². The Morgan fingerprint density at radius 2 is 1.81 bits per heavy atom. The molecule has 2 unspecified atom stereocenters. The fraction of sp³-hybridized carbons (Fsp3) is 0.571. The smallest absolute Gasteiger partial charge is 0.246 e. The van der Waals surface area contributed by atoms with Gasteiger partial charge in [0.25, 0.3) is 0 Å². The van der Waals surface area contributed by atoms with Crippen LogP contribution in [0.25, 0.3) is 0 Å². The number of rotatable bonds is 4. The van der Waals surface area contributed by atoms with Gasteiger partial charge in [0.2, 0.25) is 10.0 Å². The molecule has 2 rings (SSSR count). The van der Waals surface area contributed by atoms with E-state index in [4.69, 9.17) is 5.73 Å². The van der Waals surface area contributed by atoms with Crippen LogP contribution in [0.5, 0.6) is 0 Å². The van der Waals surface area contributed by atoms with Gasteiger partial charge in [-0.2, -0.15) is 0 Å². The lowest BCUT2D eigenvalue weighted by Crippen LogP contribution is -2.42. The van der Waals surface area contributed by atoms with Crippen LogP contribution in [0.15, 0.2) is 17.0 Å². The summed E-state index contributed by atoms with van der Waals surface area (Å²) in [4.78, 5) is -0.947. The van der Waals surface area contributed by atoms with Crippen LogP contribution < -0.4 is 10.5 Å². The first-order chi connectivity index (χ1) is 9.85. The average Bonchev–Trinajstić information content (AvgIpc) is 2.37. The van der Waals surface area contributed by atoms with Gasteiger partial charge in [0, 0.05) is 11.7 Å². The quantitative estimate of drug-likeness (QED) is 0.839. The Labute approximate surface area is 123 Å². The Balaban J connectivity index is 2.30. The maximum Gasteiger partial charge on any atom is 0.246 e. The molecule has 0 bridgehead atoms. The molecule has 7 heteroatoms. The maximum absolute atomic E-state index is 13.8. The highest BCUT2D eigenvalue weighted by molar-refractivity contribution is 7.89. The van der Waals surface area contributed by atoms with Crippen molar-refractivity contribution in [1.82, 2.24) is 4.72 Å². The van der Waals surface area contributed by atoms with Gasteiger partial charge >= 0.3 is 0 Å². The SMILES string of the molecule is CCC1CCCCC1NS(=O)(=O)c1c(F)cc(N)cc1F. The molecular formula is C14H20F2N2O2S. The molecule has 1 aromatic carbocycles. The van der Waals surface area contributed by atoms with Crippen LogP contribution in [0.4, 0.5) is 14.5 Å². The minimum atomic E-state index is -4.24. The average molecular weight is 318 g/mol. The van der Waals surface area contributed by atoms with Crippen molar-refractivity contribution in [3.05, 3.63) is 23.8 Å². The van der Waals surface area contributed by atoms with Gasteiger partial charge in [-0.15, -0.1) is 0 Å². The van der Waals surface area contributed by atoms with Crippen molar-refractivity contribution in [2.45, 2.75) is 50.0 Å². The number of nitrogens with one attached hydrogen (secondary N) is 1. The van der Waals surface area contributed by atoms with Crippen LogP contribution in [0.3, 0.4) is 0 Å². The molecule has 0 amide bonds. The largest absolute Gasteiger partial charge is 0.399 e. The summed E-state index contributed by atoms with van der Waals surface area (Å²) >= 11 is 0. The van der Waals surface area contributed by atoms with Crippen LogP contribution in [-0.2, 0) is 10.0 Å². The summed E-state index contributed by atoms with van der Waals surface area (Å²) < 4.78 is 54.6. The number of sulfonamides is 1. The van der Waals surface area contributed by atoms with Crippen molar-refractivity contribution in [1.29, 1.82) is 0 Å². The third kappa shape index (κ3) is 3.52. The van der Waals surface area contributed by atoms with Crippen molar-refractivity contribution >= 4 is 15.7 Å².